The van der Waals surface area contributed by atoms with Crippen LogP contribution >= 0.6 is 11.3 Å². The van der Waals surface area contributed by atoms with Gasteiger partial charge in [0.15, 0.2) is 0 Å². The van der Waals surface area contributed by atoms with Gasteiger partial charge in [0.2, 0.25) is 0 Å². The number of carbonyl (C=O) groups is 1. The van der Waals surface area contributed by atoms with E-state index in [0.717, 1.165) is 70.5 Å². The van der Waals surface area contributed by atoms with Crippen molar-refractivity contribution in [3.63, 3.8) is 0 Å². The fourth-order valence-electron chi connectivity index (χ4n) is 4.01. The SMILES string of the molecule is CCc1nc(C)c2c(C)c(C(=O)N(C)Cc3ccccc3N3CCOCC3)sc2n1. The summed E-state index contributed by atoms with van der Waals surface area (Å²) in [6.07, 6.45) is 0.787. The van der Waals surface area contributed by atoms with E-state index in [9.17, 15) is 4.79 Å². The number of aromatic nitrogens is 2. The molecule has 2 aromatic heterocycles. The number of amides is 1. The Labute approximate surface area is 181 Å². The van der Waals surface area contributed by atoms with E-state index in [1.807, 2.05) is 33.9 Å². The van der Waals surface area contributed by atoms with Gasteiger partial charge in [0.05, 0.1) is 18.1 Å². The van der Waals surface area contributed by atoms with Crippen molar-refractivity contribution in [1.29, 1.82) is 0 Å². The summed E-state index contributed by atoms with van der Waals surface area (Å²) >= 11 is 1.48. The predicted molar refractivity (Wildman–Crippen MR) is 122 cm³/mol. The molecule has 0 aliphatic carbocycles. The number of thiophene rings is 1. The van der Waals surface area contributed by atoms with Crippen LogP contribution in [0.3, 0.4) is 0 Å². The Kier molecular flexibility index (Phi) is 6.01. The summed E-state index contributed by atoms with van der Waals surface area (Å²) < 4.78 is 5.49. The molecule has 0 N–H and O–H groups in total. The number of morpholine rings is 1. The van der Waals surface area contributed by atoms with Crippen LogP contribution in [-0.2, 0) is 17.7 Å². The van der Waals surface area contributed by atoms with Crippen LogP contribution < -0.4 is 4.90 Å². The third kappa shape index (κ3) is 3.91. The van der Waals surface area contributed by atoms with Crippen molar-refractivity contribution in [2.75, 3.05) is 38.3 Å². The molecule has 0 saturated carbocycles. The van der Waals surface area contributed by atoms with Crippen LogP contribution in [0.25, 0.3) is 10.2 Å². The van der Waals surface area contributed by atoms with Gasteiger partial charge in [0, 0.05) is 49.9 Å². The molecule has 0 spiro atoms. The van der Waals surface area contributed by atoms with Crippen LogP contribution in [0, 0.1) is 13.8 Å². The Bertz CT molecular complexity index is 1070. The molecule has 1 aromatic carbocycles. The average Bonchev–Trinajstić information content (AvgIpc) is 3.10. The zero-order valence-corrected chi connectivity index (χ0v) is 18.9. The maximum atomic E-state index is 13.3. The van der Waals surface area contributed by atoms with Crippen LogP contribution in [0.4, 0.5) is 5.69 Å². The summed E-state index contributed by atoms with van der Waals surface area (Å²) in [5, 5.41) is 1.02. The van der Waals surface area contributed by atoms with Crippen molar-refractivity contribution in [2.24, 2.45) is 0 Å². The molecular weight excluding hydrogens is 396 g/mol. The number of hydrogen-bond acceptors (Lipinski definition) is 6. The maximum Gasteiger partial charge on any atom is 0.264 e. The highest BCUT2D eigenvalue weighted by molar-refractivity contribution is 7.20. The van der Waals surface area contributed by atoms with Crippen LogP contribution in [0.1, 0.15) is 39.2 Å². The second-order valence-corrected chi connectivity index (χ2v) is 8.70. The Morgan fingerprint density at radius 3 is 2.67 bits per heavy atom. The molecule has 30 heavy (non-hydrogen) atoms. The summed E-state index contributed by atoms with van der Waals surface area (Å²) in [7, 11) is 1.87. The molecular formula is C23H28N4O2S. The first-order valence-electron chi connectivity index (χ1n) is 10.4. The largest absolute Gasteiger partial charge is 0.378 e. The van der Waals surface area contributed by atoms with Crippen LogP contribution in [0.15, 0.2) is 24.3 Å². The average molecular weight is 425 g/mol. The van der Waals surface area contributed by atoms with Gasteiger partial charge in [0.25, 0.3) is 5.91 Å². The van der Waals surface area contributed by atoms with E-state index < -0.39 is 0 Å². The number of aryl methyl sites for hydroxylation is 3. The minimum atomic E-state index is 0.0322. The van der Waals surface area contributed by atoms with Gasteiger partial charge in [-0.15, -0.1) is 11.3 Å². The van der Waals surface area contributed by atoms with E-state index in [-0.39, 0.29) is 5.91 Å². The van der Waals surface area contributed by atoms with E-state index in [2.05, 4.69) is 33.1 Å². The van der Waals surface area contributed by atoms with Gasteiger partial charge in [-0.25, -0.2) is 9.97 Å². The van der Waals surface area contributed by atoms with Crippen LogP contribution in [-0.4, -0.2) is 54.1 Å². The molecule has 6 nitrogen and oxygen atoms in total. The van der Waals surface area contributed by atoms with Gasteiger partial charge in [-0.2, -0.15) is 0 Å². The maximum absolute atomic E-state index is 13.3. The number of ether oxygens (including phenoxy) is 1. The molecule has 158 valence electrons. The molecule has 1 amide bonds. The Morgan fingerprint density at radius 2 is 1.93 bits per heavy atom. The first-order chi connectivity index (χ1) is 14.5. The summed E-state index contributed by atoms with van der Waals surface area (Å²) in [5.74, 6) is 0.859. The number of hydrogen-bond donors (Lipinski definition) is 0. The van der Waals surface area contributed by atoms with E-state index in [1.54, 1.807) is 4.90 Å². The highest BCUT2D eigenvalue weighted by Gasteiger charge is 2.23. The molecule has 0 atom stereocenters. The molecule has 1 fully saturated rings. The summed E-state index contributed by atoms with van der Waals surface area (Å²) in [5.41, 5.74) is 4.26. The number of para-hydroxylation sites is 1. The fourth-order valence-corrected chi connectivity index (χ4v) is 5.26. The Balaban J connectivity index is 1.61. The van der Waals surface area contributed by atoms with Gasteiger partial charge in [0.1, 0.15) is 10.7 Å². The third-order valence-electron chi connectivity index (χ3n) is 5.63. The second kappa shape index (κ2) is 8.70. The number of carbonyl (C=O) groups excluding carboxylic acids is 1. The third-order valence-corrected chi connectivity index (χ3v) is 6.80. The first-order valence-corrected chi connectivity index (χ1v) is 11.2. The fraction of sp³-hybridized carbons (Fsp3) is 0.435. The lowest BCUT2D eigenvalue weighted by Crippen LogP contribution is -2.37. The van der Waals surface area contributed by atoms with Crippen LogP contribution in [0.2, 0.25) is 0 Å². The van der Waals surface area contributed by atoms with Gasteiger partial charge >= 0.3 is 0 Å². The minimum absolute atomic E-state index is 0.0322. The van der Waals surface area contributed by atoms with Crippen molar-refractivity contribution >= 4 is 33.1 Å². The predicted octanol–water partition coefficient (Wildman–Crippen LogP) is 3.98. The molecule has 7 heteroatoms. The zero-order valence-electron chi connectivity index (χ0n) is 18.1. The molecule has 0 radical (unpaired) electrons. The van der Waals surface area contributed by atoms with E-state index in [0.29, 0.717) is 6.54 Å². The summed E-state index contributed by atoms with van der Waals surface area (Å²) in [4.78, 5) is 28.4. The number of benzene rings is 1. The van der Waals surface area contributed by atoms with Crippen molar-refractivity contribution in [3.05, 3.63) is 51.8 Å². The lowest BCUT2D eigenvalue weighted by molar-refractivity contribution is 0.0789. The lowest BCUT2D eigenvalue weighted by atomic mass is 10.1. The van der Waals surface area contributed by atoms with Crippen molar-refractivity contribution < 1.29 is 9.53 Å². The molecule has 0 unspecified atom stereocenters. The highest BCUT2D eigenvalue weighted by Crippen LogP contribution is 2.32. The van der Waals surface area contributed by atoms with E-state index in [1.165, 1.54) is 17.0 Å². The molecule has 1 aliphatic heterocycles. The molecule has 3 heterocycles. The van der Waals surface area contributed by atoms with Gasteiger partial charge in [-0.1, -0.05) is 25.1 Å². The van der Waals surface area contributed by atoms with Gasteiger partial charge in [-0.3, -0.25) is 4.79 Å². The molecule has 1 saturated heterocycles. The van der Waals surface area contributed by atoms with Gasteiger partial charge in [-0.05, 0) is 31.0 Å². The van der Waals surface area contributed by atoms with Crippen molar-refractivity contribution in [3.8, 4) is 0 Å². The normalized spacial score (nSPS) is 14.3. The highest BCUT2D eigenvalue weighted by atomic mass is 32.1. The number of rotatable bonds is 5. The second-order valence-electron chi connectivity index (χ2n) is 7.70. The lowest BCUT2D eigenvalue weighted by Gasteiger charge is -2.31. The Morgan fingerprint density at radius 1 is 1.20 bits per heavy atom. The zero-order chi connectivity index (χ0) is 21.3. The quantitative estimate of drug-likeness (QED) is 0.620. The molecule has 3 aromatic rings. The summed E-state index contributed by atoms with van der Waals surface area (Å²) in [6, 6.07) is 8.33. The van der Waals surface area contributed by atoms with E-state index >= 15 is 0 Å². The van der Waals surface area contributed by atoms with Crippen molar-refractivity contribution in [1.82, 2.24) is 14.9 Å². The summed E-state index contributed by atoms with van der Waals surface area (Å²) in [6.45, 7) is 9.85. The smallest absolute Gasteiger partial charge is 0.264 e. The molecule has 0 bridgehead atoms. The molecule has 4 rings (SSSR count). The number of nitrogens with zero attached hydrogens (tertiary/aromatic N) is 4. The first kappa shape index (κ1) is 20.8. The standard InChI is InChI=1S/C23H28N4O2S/c1-5-19-24-16(3)20-15(2)21(30-22(20)25-19)23(28)26(4)14-17-8-6-7-9-18(17)27-10-12-29-13-11-27/h6-9H,5,10-14H2,1-4H3. The van der Waals surface area contributed by atoms with Crippen LogP contribution in [0.5, 0.6) is 0 Å². The minimum Gasteiger partial charge on any atom is -0.378 e. The number of anilines is 1. The topological polar surface area (TPSA) is 58.6 Å². The molecule has 1 aliphatic rings. The van der Waals surface area contributed by atoms with Crippen molar-refractivity contribution in [2.45, 2.75) is 33.7 Å². The Hall–Kier alpha value is -2.51. The monoisotopic (exact) mass is 424 g/mol. The van der Waals surface area contributed by atoms with E-state index in [4.69, 9.17) is 4.74 Å². The van der Waals surface area contributed by atoms with Gasteiger partial charge < -0.3 is 14.5 Å². The number of fused-ring (bicyclic) bond motifs is 1.